The Morgan fingerprint density at radius 3 is 1.76 bits per heavy atom. The van der Waals surface area contributed by atoms with Crippen LogP contribution in [0.2, 0.25) is 0 Å². The third kappa shape index (κ3) is 10.9. The maximum absolute atomic E-state index is 15.2. The Bertz CT molecular complexity index is 2340. The van der Waals surface area contributed by atoms with E-state index in [4.69, 9.17) is 47.4 Å². The molecule has 0 spiro atoms. The zero-order valence-corrected chi connectivity index (χ0v) is 49.7. The van der Waals surface area contributed by atoms with Gasteiger partial charge in [-0.25, -0.2) is 0 Å². The second-order valence-corrected chi connectivity index (χ2v) is 28.6. The van der Waals surface area contributed by atoms with Gasteiger partial charge >= 0.3 is 5.97 Å². The number of hydrogen-bond acceptors (Lipinski definition) is 25. The highest BCUT2D eigenvalue weighted by Gasteiger charge is 2.70. The molecule has 84 heavy (non-hydrogen) atoms. The van der Waals surface area contributed by atoms with Crippen LogP contribution in [-0.4, -0.2) is 251 Å². The topological polar surface area (TPSA) is 393 Å². The molecule has 0 aromatic heterocycles. The van der Waals surface area contributed by atoms with Crippen LogP contribution in [0.5, 0.6) is 0 Å². The molecule has 0 amide bonds. The van der Waals surface area contributed by atoms with Crippen molar-refractivity contribution in [3.63, 3.8) is 0 Å². The van der Waals surface area contributed by atoms with Crippen molar-refractivity contribution in [2.45, 2.75) is 280 Å². The molecular weight excluding hydrogens is 1110 g/mol. The molecule has 0 radical (unpaired) electrons. The van der Waals surface area contributed by atoms with Crippen molar-refractivity contribution in [2.75, 3.05) is 19.8 Å². The van der Waals surface area contributed by atoms with Gasteiger partial charge in [-0.3, -0.25) is 4.79 Å². The van der Waals surface area contributed by atoms with Gasteiger partial charge in [-0.1, -0.05) is 60.1 Å². The van der Waals surface area contributed by atoms with E-state index >= 15 is 4.79 Å². The number of hydrogen-bond donors (Lipinski definition) is 14. The minimum atomic E-state index is -1.88. The van der Waals surface area contributed by atoms with E-state index in [2.05, 4.69) is 54.5 Å². The molecule has 5 saturated heterocycles. The van der Waals surface area contributed by atoms with Gasteiger partial charge in [-0.15, -0.1) is 0 Å². The average molecular weight is 1210 g/mol. The Morgan fingerprint density at radius 2 is 1.13 bits per heavy atom. The lowest BCUT2D eigenvalue weighted by Crippen LogP contribution is -2.66. The molecule has 0 aromatic carbocycles. The first-order chi connectivity index (χ1) is 39.3. The number of aliphatic hydroxyl groups is 14. The van der Waals surface area contributed by atoms with Crippen molar-refractivity contribution < 1.29 is 124 Å². The molecule has 10 aliphatic rings. The van der Waals surface area contributed by atoms with Crippen LogP contribution < -0.4 is 0 Å². The number of carbonyl (C=O) groups excluding carboxylic acids is 1. The van der Waals surface area contributed by atoms with Gasteiger partial charge in [0.05, 0.1) is 43.5 Å². The van der Waals surface area contributed by atoms with Crippen LogP contribution in [-0.2, 0) is 52.2 Å². The van der Waals surface area contributed by atoms with Crippen molar-refractivity contribution in [3.8, 4) is 0 Å². The maximum atomic E-state index is 15.2. The number of aliphatic hydroxyl groups excluding tert-OH is 14. The second kappa shape index (κ2) is 23.8. The van der Waals surface area contributed by atoms with E-state index in [1.165, 1.54) is 19.4 Å². The third-order valence-corrected chi connectivity index (χ3v) is 23.0. The summed E-state index contributed by atoms with van der Waals surface area (Å²) in [6, 6.07) is 0. The van der Waals surface area contributed by atoms with Crippen molar-refractivity contribution in [1.82, 2.24) is 0 Å². The molecule has 3 unspecified atom stereocenters. The quantitative estimate of drug-likeness (QED) is 0.0600. The fraction of sp³-hybridized carbons (Fsp3) is 0.949. The Kier molecular flexibility index (Phi) is 18.5. The molecular formula is C59H96O25. The Balaban J connectivity index is 0.824. The molecule has 0 aromatic rings. The van der Waals surface area contributed by atoms with Crippen LogP contribution in [0.4, 0.5) is 0 Å². The fourth-order valence-corrected chi connectivity index (χ4v) is 17.5. The molecule has 482 valence electrons. The maximum Gasteiger partial charge on any atom is 0.315 e. The van der Waals surface area contributed by atoms with Crippen LogP contribution in [0.15, 0.2) is 11.6 Å². The van der Waals surface area contributed by atoms with Gasteiger partial charge in [-0.2, -0.15) is 0 Å². The first-order valence-corrected chi connectivity index (χ1v) is 30.5. The normalized spacial score (nSPS) is 54.6. The van der Waals surface area contributed by atoms with Gasteiger partial charge in [0.1, 0.15) is 104 Å². The molecule has 5 aliphatic heterocycles. The molecule has 5 aliphatic carbocycles. The predicted molar refractivity (Wildman–Crippen MR) is 287 cm³/mol. The summed E-state index contributed by atoms with van der Waals surface area (Å²) in [7, 11) is 0. The van der Waals surface area contributed by atoms with E-state index in [0.717, 1.165) is 25.7 Å². The SMILES string of the molecule is C[C@@H]1O[C@@H](O[C@H]2[C@H](O[C@H]3CC[C@@]4(C)[C@@H](CCC5(C)[C@@H]4CC=C4[C@@H]6CC(C)(C)CCC6(C(=O)O[C@@H]6O[C@H](CO[C@@H]7O[C@H](CO)[C@@H](O[C@@H]8O[C@@H](C)[C@H](O)[C@@H](O)[C@H]8O)[C@H](O)[C@H]7O)[C@@H](O)[C@H](O)[C@H]6O)CCC45C)C3(C)C)OC[C@H](O)[C@@H]2O)[C@H](O)[C@H](O)[C@H]1O. The lowest BCUT2D eigenvalue weighted by atomic mass is 9.33. The Hall–Kier alpha value is -1.71. The minimum Gasteiger partial charge on any atom is -0.432 e. The van der Waals surface area contributed by atoms with E-state index < -0.39 is 177 Å². The molecule has 25 heteroatoms. The first-order valence-electron chi connectivity index (χ1n) is 30.5. The monoisotopic (exact) mass is 1200 g/mol. The summed E-state index contributed by atoms with van der Waals surface area (Å²) >= 11 is 0. The second-order valence-electron chi connectivity index (χ2n) is 28.6. The van der Waals surface area contributed by atoms with Crippen LogP contribution in [0.3, 0.4) is 0 Å². The van der Waals surface area contributed by atoms with E-state index in [9.17, 15) is 71.5 Å². The standard InChI is InChI=1S/C59H96O25/c1-24-34(62)38(66)42(70)49(77-24)82-46-29(21-60)79-48(45(73)41(46)69)76-23-30-37(65)40(68)44(72)51(80-30)84-53(74)59-18-16-54(3,4)20-27(59)26-10-11-32-56(7)14-13-33(55(5,6)31(56)12-15-58(32,9)57(26,8)17-19-59)81-52-47(36(64)28(61)22-75-52)83-50-43(71)39(67)35(63)25(2)78-50/h10,24-25,27-52,60-73H,11-23H2,1-9H3/t24-,25-,27-,28-,29+,30+,31-,32+,33-,34-,35-,36-,37+,38+,39+,40-,41+,42+,43+,44+,45+,46+,47+,48+,49-,50-,51-,52-,56-,57?,58?,59?/m0/s1. The third-order valence-electron chi connectivity index (χ3n) is 23.0. The van der Waals surface area contributed by atoms with Crippen LogP contribution in [0.25, 0.3) is 0 Å². The molecule has 4 saturated carbocycles. The summed E-state index contributed by atoms with van der Waals surface area (Å²) < 4.78 is 59.6. The van der Waals surface area contributed by atoms with Crippen molar-refractivity contribution in [1.29, 1.82) is 0 Å². The lowest BCUT2D eigenvalue weighted by molar-refractivity contribution is -0.364. The van der Waals surface area contributed by atoms with Crippen LogP contribution in [0, 0.1) is 50.2 Å². The number of carbonyl (C=O) groups is 1. The highest BCUT2D eigenvalue weighted by Crippen LogP contribution is 2.76. The number of fused-ring (bicyclic) bond motifs is 7. The molecule has 9 fully saturated rings. The highest BCUT2D eigenvalue weighted by molar-refractivity contribution is 5.79. The van der Waals surface area contributed by atoms with Crippen LogP contribution >= 0.6 is 0 Å². The van der Waals surface area contributed by atoms with E-state index in [1.54, 1.807) is 0 Å². The highest BCUT2D eigenvalue weighted by atomic mass is 16.8. The molecule has 0 bridgehead atoms. The summed E-state index contributed by atoms with van der Waals surface area (Å²) in [6.45, 7) is 17.3. The summed E-state index contributed by atoms with van der Waals surface area (Å²) in [5.41, 5.74) is -1.12. The number of esters is 1. The van der Waals surface area contributed by atoms with Crippen molar-refractivity contribution in [2.24, 2.45) is 50.2 Å². The summed E-state index contributed by atoms with van der Waals surface area (Å²) in [4.78, 5) is 15.2. The van der Waals surface area contributed by atoms with Crippen LogP contribution in [0.1, 0.15) is 127 Å². The molecule has 10 rings (SSSR count). The van der Waals surface area contributed by atoms with E-state index in [1.807, 2.05) is 0 Å². The van der Waals surface area contributed by atoms with Crippen molar-refractivity contribution in [3.05, 3.63) is 11.6 Å². The smallest absolute Gasteiger partial charge is 0.315 e. The van der Waals surface area contributed by atoms with Gasteiger partial charge in [-0.05, 0) is 123 Å². The fourth-order valence-electron chi connectivity index (χ4n) is 17.5. The first kappa shape index (κ1) is 65.2. The number of allylic oxidation sites excluding steroid dienone is 2. The lowest BCUT2D eigenvalue weighted by Gasteiger charge is -2.71. The van der Waals surface area contributed by atoms with E-state index in [-0.39, 0.29) is 52.1 Å². The van der Waals surface area contributed by atoms with Gasteiger partial charge in [0.15, 0.2) is 25.2 Å². The molecule has 5 heterocycles. The molecule has 14 N–H and O–H groups in total. The zero-order valence-electron chi connectivity index (χ0n) is 49.7. The number of rotatable bonds is 12. The molecule has 32 atom stereocenters. The number of ether oxygens (including phenoxy) is 10. The summed E-state index contributed by atoms with van der Waals surface area (Å²) in [5.74, 6) is -0.449. The molecule has 25 nitrogen and oxygen atoms in total. The van der Waals surface area contributed by atoms with Gasteiger partial charge in [0, 0.05) is 0 Å². The Labute approximate surface area is 490 Å². The average Bonchev–Trinajstić information content (AvgIpc) is 0.706. The van der Waals surface area contributed by atoms with E-state index in [0.29, 0.717) is 38.5 Å². The largest absolute Gasteiger partial charge is 0.432 e. The minimum absolute atomic E-state index is 0.150. The predicted octanol–water partition coefficient (Wildman–Crippen LogP) is -1.52. The zero-order chi connectivity index (χ0) is 61.3. The van der Waals surface area contributed by atoms with Crippen molar-refractivity contribution >= 4 is 5.97 Å². The van der Waals surface area contributed by atoms with Gasteiger partial charge < -0.3 is 119 Å². The summed E-state index contributed by atoms with van der Waals surface area (Å²) in [6.07, 6.45) is -27.9. The van der Waals surface area contributed by atoms with Gasteiger partial charge in [0.25, 0.3) is 0 Å². The Morgan fingerprint density at radius 1 is 0.560 bits per heavy atom. The van der Waals surface area contributed by atoms with Gasteiger partial charge in [0.2, 0.25) is 6.29 Å². The summed E-state index contributed by atoms with van der Waals surface area (Å²) in [5, 5.41) is 151.